The predicted octanol–water partition coefficient (Wildman–Crippen LogP) is 1.66. The van der Waals surface area contributed by atoms with Crippen molar-refractivity contribution in [3.8, 4) is 0 Å². The lowest BCUT2D eigenvalue weighted by molar-refractivity contribution is -0.156. The molecule has 0 bridgehead atoms. The number of aliphatic hydroxyl groups is 1. The van der Waals surface area contributed by atoms with E-state index in [1.54, 1.807) is 34.6 Å². The van der Waals surface area contributed by atoms with E-state index in [9.17, 15) is 24.3 Å². The van der Waals surface area contributed by atoms with E-state index in [2.05, 4.69) is 17.2 Å². The number of nitrogens with one attached hydrogen (secondary N) is 2. The fraction of sp³-hybridized carbons (Fsp3) is 0.739. The smallest absolute Gasteiger partial charge is 0.408 e. The molecule has 186 valence electrons. The van der Waals surface area contributed by atoms with Gasteiger partial charge in [0.1, 0.15) is 17.2 Å². The number of esters is 2. The summed E-state index contributed by atoms with van der Waals surface area (Å²) in [4.78, 5) is 51.1. The van der Waals surface area contributed by atoms with Crippen LogP contribution in [0.15, 0.2) is 12.8 Å². The molecular weight excluding hydrogens is 432 g/mol. The third-order valence-corrected chi connectivity index (χ3v) is 6.25. The van der Waals surface area contributed by atoms with Gasteiger partial charge in [-0.05, 0) is 33.6 Å². The van der Waals surface area contributed by atoms with Crippen LogP contribution in [0.1, 0.15) is 54.4 Å². The highest BCUT2D eigenvalue weighted by Crippen LogP contribution is 2.63. The Morgan fingerprint density at radius 2 is 1.88 bits per heavy atom. The summed E-state index contributed by atoms with van der Waals surface area (Å²) in [7, 11) is 0. The molecule has 10 heteroatoms. The third-order valence-electron chi connectivity index (χ3n) is 6.25. The molecule has 7 atom stereocenters. The molecule has 2 aliphatic rings. The molecule has 0 aliphatic heterocycles. The summed E-state index contributed by atoms with van der Waals surface area (Å²) < 4.78 is 15.4. The summed E-state index contributed by atoms with van der Waals surface area (Å²) >= 11 is 0. The first-order valence-corrected chi connectivity index (χ1v) is 11.3. The zero-order chi connectivity index (χ0) is 25.1. The minimum Gasteiger partial charge on any atom is -0.464 e. The van der Waals surface area contributed by atoms with Crippen molar-refractivity contribution in [1.29, 1.82) is 0 Å². The Morgan fingerprint density at radius 3 is 2.39 bits per heavy atom. The summed E-state index contributed by atoms with van der Waals surface area (Å²) in [6.45, 7) is 13.8. The fourth-order valence-electron chi connectivity index (χ4n) is 4.61. The summed E-state index contributed by atoms with van der Waals surface area (Å²) in [5.74, 6) is -4.31. The minimum atomic E-state index is -1.62. The normalized spacial score (nSPS) is 29.7. The zero-order valence-corrected chi connectivity index (χ0v) is 20.2. The van der Waals surface area contributed by atoms with Crippen molar-refractivity contribution in [3.05, 3.63) is 12.8 Å². The molecule has 2 aliphatic carbocycles. The molecular formula is C23H36N2O8. The number of rotatable bonds is 9. The zero-order valence-electron chi connectivity index (χ0n) is 20.2. The second-order valence-corrected chi connectivity index (χ2v) is 9.69. The third kappa shape index (κ3) is 5.66. The Kier molecular flexibility index (Phi) is 8.16. The summed E-state index contributed by atoms with van der Waals surface area (Å²) in [6, 6.07) is -1.01. The number of ether oxygens (including phenoxy) is 3. The predicted molar refractivity (Wildman–Crippen MR) is 118 cm³/mol. The molecule has 2 unspecified atom stereocenters. The van der Waals surface area contributed by atoms with Gasteiger partial charge in [-0.2, -0.15) is 0 Å². The van der Waals surface area contributed by atoms with Crippen molar-refractivity contribution in [2.24, 2.45) is 23.7 Å². The second kappa shape index (κ2) is 10.1. The Hall–Kier alpha value is -2.62. The standard InChI is InChI=1S/C23H36N2O8/c1-8-12(4)17(24-21(30)33-22(5,6)7)18(27)25-23(20(29)32-10-3)11-13(26)14-15(16(14)23)19(28)31-9-2/h9,12-17,26H,2,8,10-11H2,1,3-7H3,(H,24,30)(H,25,27)/t12-,13-,14-,15-,16-,17?,23?/m0/s1. The Balaban J connectivity index is 2.32. The molecule has 0 spiro atoms. The molecule has 10 nitrogen and oxygen atoms in total. The molecule has 0 aromatic carbocycles. The van der Waals surface area contributed by atoms with E-state index in [4.69, 9.17) is 14.2 Å². The lowest BCUT2D eigenvalue weighted by atomic mass is 9.88. The highest BCUT2D eigenvalue weighted by atomic mass is 16.6. The number of alkyl carbamates (subject to hydrolysis) is 1. The van der Waals surface area contributed by atoms with Gasteiger partial charge >= 0.3 is 18.0 Å². The van der Waals surface area contributed by atoms with Crippen molar-refractivity contribution < 1.29 is 38.5 Å². The Bertz CT molecular complexity index is 792. The monoisotopic (exact) mass is 468 g/mol. The van der Waals surface area contributed by atoms with E-state index in [-0.39, 0.29) is 18.9 Å². The van der Waals surface area contributed by atoms with Crippen molar-refractivity contribution in [2.45, 2.75) is 77.7 Å². The van der Waals surface area contributed by atoms with Gasteiger partial charge in [0.2, 0.25) is 5.91 Å². The number of amides is 2. The van der Waals surface area contributed by atoms with Gasteiger partial charge < -0.3 is 30.0 Å². The van der Waals surface area contributed by atoms with Crippen molar-refractivity contribution >= 4 is 23.9 Å². The lowest BCUT2D eigenvalue weighted by Gasteiger charge is -2.34. The maximum atomic E-state index is 13.4. The van der Waals surface area contributed by atoms with E-state index < -0.39 is 65.0 Å². The number of fused-ring (bicyclic) bond motifs is 1. The SMILES string of the molecule is C=COC(=O)[C@H]1[C@H]2[C@@H]1C(NC(=O)C(NC(=O)OC(C)(C)C)[C@@H](C)CC)(C(=O)OCC)C[C@@H]2O. The van der Waals surface area contributed by atoms with Crippen LogP contribution < -0.4 is 10.6 Å². The molecule has 33 heavy (non-hydrogen) atoms. The van der Waals surface area contributed by atoms with E-state index in [0.29, 0.717) is 6.42 Å². The second-order valence-electron chi connectivity index (χ2n) is 9.69. The van der Waals surface area contributed by atoms with Crippen LogP contribution >= 0.6 is 0 Å². The average molecular weight is 469 g/mol. The van der Waals surface area contributed by atoms with E-state index >= 15 is 0 Å². The number of aliphatic hydroxyl groups excluding tert-OH is 1. The first-order chi connectivity index (χ1) is 15.3. The van der Waals surface area contributed by atoms with Crippen LogP contribution in [0.3, 0.4) is 0 Å². The van der Waals surface area contributed by atoms with Crippen LogP contribution in [0.25, 0.3) is 0 Å². The first kappa shape index (κ1) is 26.6. The molecule has 2 fully saturated rings. The quantitative estimate of drug-likeness (QED) is 0.264. The molecule has 0 radical (unpaired) electrons. The van der Waals surface area contributed by atoms with Gasteiger partial charge in [-0.25, -0.2) is 9.59 Å². The van der Waals surface area contributed by atoms with Gasteiger partial charge in [0.15, 0.2) is 0 Å². The molecule has 0 aromatic rings. The van der Waals surface area contributed by atoms with Gasteiger partial charge in [-0.3, -0.25) is 9.59 Å². The van der Waals surface area contributed by atoms with E-state index in [1.807, 2.05) is 6.92 Å². The molecule has 3 N–H and O–H groups in total. The number of carbonyl (C=O) groups is 4. The van der Waals surface area contributed by atoms with E-state index in [0.717, 1.165) is 6.26 Å². The van der Waals surface area contributed by atoms with Crippen molar-refractivity contribution in [2.75, 3.05) is 6.61 Å². The molecule has 0 aromatic heterocycles. The average Bonchev–Trinajstić information content (AvgIpc) is 3.40. The lowest BCUT2D eigenvalue weighted by Crippen LogP contribution is -2.62. The van der Waals surface area contributed by atoms with Crippen LogP contribution in [-0.2, 0) is 28.6 Å². The van der Waals surface area contributed by atoms with Crippen LogP contribution in [0.2, 0.25) is 0 Å². The number of hydrogen-bond donors (Lipinski definition) is 3. The van der Waals surface area contributed by atoms with Crippen LogP contribution in [-0.4, -0.2) is 58.9 Å². The Labute approximate surface area is 194 Å². The summed E-state index contributed by atoms with van der Waals surface area (Å²) in [5, 5.41) is 15.9. The van der Waals surface area contributed by atoms with Gasteiger partial charge in [0.25, 0.3) is 0 Å². The molecule has 2 saturated carbocycles. The maximum Gasteiger partial charge on any atom is 0.408 e. The largest absolute Gasteiger partial charge is 0.464 e. The number of carbonyl (C=O) groups excluding carboxylic acids is 4. The van der Waals surface area contributed by atoms with Crippen molar-refractivity contribution in [3.63, 3.8) is 0 Å². The highest BCUT2D eigenvalue weighted by molar-refractivity contribution is 5.94. The molecule has 2 amide bonds. The van der Waals surface area contributed by atoms with Crippen LogP contribution in [0.5, 0.6) is 0 Å². The highest BCUT2D eigenvalue weighted by Gasteiger charge is 2.76. The maximum absolute atomic E-state index is 13.4. The van der Waals surface area contributed by atoms with Crippen LogP contribution in [0, 0.1) is 23.7 Å². The fourth-order valence-corrected chi connectivity index (χ4v) is 4.61. The van der Waals surface area contributed by atoms with Gasteiger partial charge in [-0.15, -0.1) is 0 Å². The summed E-state index contributed by atoms with van der Waals surface area (Å²) in [6.07, 6.45) is -0.343. The van der Waals surface area contributed by atoms with E-state index in [1.165, 1.54) is 0 Å². The first-order valence-electron chi connectivity index (χ1n) is 11.3. The van der Waals surface area contributed by atoms with Crippen molar-refractivity contribution in [1.82, 2.24) is 10.6 Å². The summed E-state index contributed by atoms with van der Waals surface area (Å²) in [5.41, 5.74) is -2.38. The van der Waals surface area contributed by atoms with Crippen LogP contribution in [0.4, 0.5) is 4.79 Å². The van der Waals surface area contributed by atoms with Gasteiger partial charge in [-0.1, -0.05) is 26.8 Å². The number of hydrogen-bond acceptors (Lipinski definition) is 8. The molecule has 0 saturated heterocycles. The minimum absolute atomic E-state index is 0.0522. The van der Waals surface area contributed by atoms with Gasteiger partial charge in [0, 0.05) is 18.3 Å². The Morgan fingerprint density at radius 1 is 1.24 bits per heavy atom. The molecule has 0 heterocycles. The van der Waals surface area contributed by atoms with Gasteiger partial charge in [0.05, 0.1) is 24.9 Å². The topological polar surface area (TPSA) is 140 Å². The molecule has 2 rings (SSSR count).